The van der Waals surface area contributed by atoms with Crippen molar-refractivity contribution >= 4 is 41.2 Å². The maximum atomic E-state index is 13.8. The topological polar surface area (TPSA) is 249 Å². The van der Waals surface area contributed by atoms with Gasteiger partial charge in [0.15, 0.2) is 5.78 Å². The number of carboxylic acid groups (broad SMARTS) is 1. The minimum Gasteiger partial charge on any atom is -0.507 e. The molecule has 0 fully saturated rings. The largest absolute Gasteiger partial charge is 0.507 e. The van der Waals surface area contributed by atoms with Crippen LogP contribution in [0.2, 0.25) is 0 Å². The highest BCUT2D eigenvalue weighted by Gasteiger charge is 2.31. The zero-order chi connectivity index (χ0) is 46.3. The van der Waals surface area contributed by atoms with Crippen molar-refractivity contribution in [3.8, 4) is 22.6 Å². The number of nitrogens with one attached hydrogen (secondary N) is 4. The molecule has 0 aromatic heterocycles. The van der Waals surface area contributed by atoms with Crippen LogP contribution in [0, 0.1) is 11.8 Å². The fourth-order valence-electron chi connectivity index (χ4n) is 7.66. The van der Waals surface area contributed by atoms with Crippen molar-refractivity contribution in [2.75, 3.05) is 13.2 Å². The van der Waals surface area contributed by atoms with Crippen molar-refractivity contribution in [3.63, 3.8) is 0 Å². The molecule has 1 unspecified atom stereocenters. The molecule has 8 N–H and O–H groups in total. The molecule has 3 rings (SSSR count). The number of carbonyl (C=O) groups is 7. The average Bonchev–Trinajstić information content (AvgIpc) is 3.25. The second kappa shape index (κ2) is 27.7. The number of ketones is 2. The molecule has 348 valence electrons. The number of unbranched alkanes of at least 4 members (excludes halogenated alkanes) is 12. The van der Waals surface area contributed by atoms with Crippen LogP contribution in [-0.4, -0.2) is 86.8 Å². The summed E-state index contributed by atoms with van der Waals surface area (Å²) in [7, 11) is 0. The van der Waals surface area contributed by atoms with E-state index in [4.69, 9.17) is 0 Å². The Morgan fingerprint density at radius 2 is 1.35 bits per heavy atom. The highest BCUT2D eigenvalue weighted by atomic mass is 16.4. The minimum atomic E-state index is -1.35. The van der Waals surface area contributed by atoms with Gasteiger partial charge in [-0.15, -0.1) is 0 Å². The van der Waals surface area contributed by atoms with Crippen LogP contribution in [0.5, 0.6) is 11.5 Å². The molecule has 0 saturated heterocycles. The number of hydrogen-bond acceptors (Lipinski definition) is 10. The fraction of sp³-hybridized carbons (Fsp3) is 0.604. The van der Waals surface area contributed by atoms with E-state index in [-0.39, 0.29) is 84.9 Å². The van der Waals surface area contributed by atoms with Gasteiger partial charge in [0.05, 0.1) is 6.61 Å². The molecule has 1 heterocycles. The first-order valence-corrected chi connectivity index (χ1v) is 22.9. The number of benzene rings is 2. The Hall–Kier alpha value is -5.31. The molecule has 2 aromatic rings. The van der Waals surface area contributed by atoms with Gasteiger partial charge in [0.1, 0.15) is 35.4 Å². The first-order valence-electron chi connectivity index (χ1n) is 22.9. The van der Waals surface area contributed by atoms with Crippen molar-refractivity contribution in [1.29, 1.82) is 0 Å². The van der Waals surface area contributed by atoms with Crippen LogP contribution in [0.1, 0.15) is 154 Å². The average molecular weight is 879 g/mol. The van der Waals surface area contributed by atoms with E-state index in [1.54, 1.807) is 6.92 Å². The lowest BCUT2D eigenvalue weighted by atomic mass is 9.90. The molecule has 4 bridgehead atoms. The number of fused-ring (bicyclic) bond motifs is 5. The monoisotopic (exact) mass is 879 g/mol. The van der Waals surface area contributed by atoms with Gasteiger partial charge in [0.2, 0.25) is 23.6 Å². The number of carbonyl (C=O) groups excluding carboxylic acids is 6. The quantitative estimate of drug-likeness (QED) is 0.0502. The van der Waals surface area contributed by atoms with Gasteiger partial charge in [-0.3, -0.25) is 28.8 Å². The number of rotatable bonds is 26. The van der Waals surface area contributed by atoms with E-state index < -0.39 is 66.0 Å². The zero-order valence-electron chi connectivity index (χ0n) is 37.3. The normalized spacial score (nSPS) is 17.4. The van der Waals surface area contributed by atoms with Crippen molar-refractivity contribution in [2.45, 2.75) is 161 Å². The summed E-state index contributed by atoms with van der Waals surface area (Å²) in [4.78, 5) is 90.4. The van der Waals surface area contributed by atoms with Crippen LogP contribution in [-0.2, 0) is 40.0 Å². The lowest BCUT2D eigenvalue weighted by Gasteiger charge is -2.23. The number of phenols is 2. The van der Waals surface area contributed by atoms with Crippen molar-refractivity contribution in [3.05, 3.63) is 47.5 Å². The predicted molar refractivity (Wildman–Crippen MR) is 239 cm³/mol. The molecular formula is C48H70N4O11. The van der Waals surface area contributed by atoms with Gasteiger partial charge in [-0.2, -0.15) is 0 Å². The van der Waals surface area contributed by atoms with Gasteiger partial charge >= 0.3 is 5.97 Å². The summed E-state index contributed by atoms with van der Waals surface area (Å²) in [5, 5.41) is 51.5. The van der Waals surface area contributed by atoms with Crippen LogP contribution in [0.4, 0.5) is 0 Å². The Labute approximate surface area is 371 Å². The molecule has 1 aliphatic heterocycles. The van der Waals surface area contributed by atoms with Gasteiger partial charge in [-0.25, -0.2) is 4.79 Å². The smallest absolute Gasteiger partial charge is 0.326 e. The Balaban J connectivity index is 1.48. The number of Topliss-reactive ketones (excluding diaryl/α,β-unsaturated/α-hetero) is 2. The molecule has 4 amide bonds. The van der Waals surface area contributed by atoms with Crippen LogP contribution < -0.4 is 21.3 Å². The lowest BCUT2D eigenvalue weighted by Crippen LogP contribution is -2.49. The summed E-state index contributed by atoms with van der Waals surface area (Å²) in [6, 6.07) is 4.65. The van der Waals surface area contributed by atoms with Gasteiger partial charge in [0, 0.05) is 61.6 Å². The summed E-state index contributed by atoms with van der Waals surface area (Å²) in [5.41, 5.74) is 0.943. The third-order valence-corrected chi connectivity index (χ3v) is 11.7. The van der Waals surface area contributed by atoms with Gasteiger partial charge < -0.3 is 41.7 Å². The minimum absolute atomic E-state index is 0.0837. The van der Waals surface area contributed by atoms with Crippen molar-refractivity contribution < 1.29 is 54.0 Å². The number of aliphatic carboxylic acids is 1. The highest BCUT2D eigenvalue weighted by Crippen LogP contribution is 2.38. The fourth-order valence-corrected chi connectivity index (χ4v) is 7.66. The maximum absolute atomic E-state index is 13.8. The molecule has 0 radical (unpaired) electrons. The van der Waals surface area contributed by atoms with Crippen molar-refractivity contribution in [1.82, 2.24) is 21.3 Å². The summed E-state index contributed by atoms with van der Waals surface area (Å²) in [5.74, 6) is -6.42. The predicted octanol–water partition coefficient (Wildman–Crippen LogP) is 6.09. The van der Waals surface area contributed by atoms with E-state index in [2.05, 4.69) is 28.2 Å². The first-order chi connectivity index (χ1) is 30.1. The van der Waals surface area contributed by atoms with E-state index in [1.807, 2.05) is 0 Å². The van der Waals surface area contributed by atoms with E-state index in [9.17, 15) is 54.0 Å². The SMILES string of the molecule is CCCCCCCCCCCCCCCC(=O)N[C@H](CO)C(=O)NCCC(C)C(=O)CCC(=O)N[C@@H]1C(=O)C[C@@H](C)C(=O)N[C@H](C(=O)O)Cc2ccc(O)c(c2)-c2cc1ccc2O. The summed E-state index contributed by atoms with van der Waals surface area (Å²) < 4.78 is 0. The summed E-state index contributed by atoms with van der Waals surface area (Å²) >= 11 is 0. The lowest BCUT2D eigenvalue weighted by molar-refractivity contribution is -0.142. The number of carboxylic acids is 1. The maximum Gasteiger partial charge on any atom is 0.326 e. The second-order valence-electron chi connectivity index (χ2n) is 17.0. The molecule has 0 saturated carbocycles. The van der Waals surface area contributed by atoms with Gasteiger partial charge in [-0.1, -0.05) is 110 Å². The molecule has 5 atom stereocenters. The third kappa shape index (κ3) is 18.1. The number of aromatic hydroxyl groups is 2. The molecule has 63 heavy (non-hydrogen) atoms. The van der Waals surface area contributed by atoms with Crippen LogP contribution in [0.15, 0.2) is 36.4 Å². The van der Waals surface area contributed by atoms with Crippen LogP contribution in [0.25, 0.3) is 11.1 Å². The van der Waals surface area contributed by atoms with E-state index >= 15 is 0 Å². The van der Waals surface area contributed by atoms with E-state index in [0.29, 0.717) is 12.0 Å². The van der Waals surface area contributed by atoms with Crippen LogP contribution >= 0.6 is 0 Å². The number of hydrogen-bond donors (Lipinski definition) is 8. The van der Waals surface area contributed by atoms with E-state index in [1.165, 1.54) is 101 Å². The molecule has 0 spiro atoms. The Kier molecular flexibility index (Phi) is 22.9. The first kappa shape index (κ1) is 52.0. The molecule has 1 aliphatic rings. The molecule has 15 heteroatoms. The van der Waals surface area contributed by atoms with E-state index in [0.717, 1.165) is 19.3 Å². The Morgan fingerprint density at radius 1 is 0.762 bits per heavy atom. The molecular weight excluding hydrogens is 809 g/mol. The summed E-state index contributed by atoms with van der Waals surface area (Å²) in [6.07, 6.45) is 14.9. The van der Waals surface area contributed by atoms with Gasteiger partial charge in [-0.05, 0) is 48.2 Å². The Morgan fingerprint density at radius 3 is 1.95 bits per heavy atom. The number of aliphatic hydroxyl groups is 1. The Bertz CT molecular complexity index is 1850. The van der Waals surface area contributed by atoms with Crippen molar-refractivity contribution in [2.24, 2.45) is 11.8 Å². The number of amides is 4. The van der Waals surface area contributed by atoms with Gasteiger partial charge in [0.25, 0.3) is 0 Å². The second-order valence-corrected chi connectivity index (χ2v) is 17.0. The number of aliphatic hydroxyl groups excluding tert-OH is 1. The highest BCUT2D eigenvalue weighted by molar-refractivity contribution is 5.95. The summed E-state index contributed by atoms with van der Waals surface area (Å²) in [6.45, 7) is 4.84. The number of phenolic OH excluding ortho intramolecular Hbond substituents is 2. The molecule has 0 aliphatic carbocycles. The molecule has 2 aromatic carbocycles. The van der Waals surface area contributed by atoms with Crippen LogP contribution in [0.3, 0.4) is 0 Å². The molecule has 15 nitrogen and oxygen atoms in total. The standard InChI is InChI=1S/C48H70N4O11/c1-4-5-6-7-8-9-10-11-12-13-14-15-16-17-43(58)50-38(30-53)47(61)49-25-24-31(2)39(54)22-23-44(59)52-45-34-19-21-41(56)36(29-34)35-27-33(18-20-40(35)55)28-37(48(62)63)51-46(60)32(3)26-42(45)57/h18-21,27,29,31-32,37-38,45,53,55-56H,4-17,22-26,28,30H2,1-3H3,(H,49,61)(H,50,58)(H,51,60)(H,52,59)(H,62,63)/t31?,32-,37+,38-,45+/m1/s1. The zero-order valence-corrected chi connectivity index (χ0v) is 37.3. The third-order valence-electron chi connectivity index (χ3n) is 11.7.